The van der Waals surface area contributed by atoms with Gasteiger partial charge >= 0.3 is 0 Å². The molecule has 5 nitrogen and oxygen atoms in total. The molecule has 0 bridgehead atoms. The van der Waals surface area contributed by atoms with E-state index in [1.54, 1.807) is 6.92 Å². The van der Waals surface area contributed by atoms with Crippen LogP contribution in [0, 0.1) is 12.8 Å². The van der Waals surface area contributed by atoms with Crippen molar-refractivity contribution in [3.63, 3.8) is 0 Å². The number of nitrogens with zero attached hydrogens (tertiary/aromatic N) is 3. The predicted octanol–water partition coefficient (Wildman–Crippen LogP) is 0.191. The molecule has 1 saturated heterocycles. The summed E-state index contributed by atoms with van der Waals surface area (Å²) in [5.74, 6) is 1.55. The average Bonchev–Trinajstić information content (AvgIpc) is 2.62. The van der Waals surface area contributed by atoms with Crippen molar-refractivity contribution in [1.29, 1.82) is 0 Å². The van der Waals surface area contributed by atoms with E-state index < -0.39 is 0 Å². The van der Waals surface area contributed by atoms with Crippen LogP contribution in [-0.2, 0) is 6.54 Å². The highest BCUT2D eigenvalue weighted by Crippen LogP contribution is 2.17. The number of aromatic nitrogens is 2. The molecule has 0 aliphatic carbocycles. The summed E-state index contributed by atoms with van der Waals surface area (Å²) in [5.41, 5.74) is 0. The van der Waals surface area contributed by atoms with Gasteiger partial charge in [0.05, 0.1) is 12.6 Å². The Bertz CT molecular complexity index is 303. The first-order valence-electron chi connectivity index (χ1n) is 4.84. The summed E-state index contributed by atoms with van der Waals surface area (Å²) >= 11 is 0. The van der Waals surface area contributed by atoms with Crippen LogP contribution in [0.5, 0.6) is 0 Å². The van der Waals surface area contributed by atoms with E-state index in [9.17, 15) is 5.11 Å². The van der Waals surface area contributed by atoms with Crippen LogP contribution < -0.4 is 0 Å². The Hall–Kier alpha value is -0.940. The smallest absolute Gasteiger partial charge is 0.230 e. The number of hydrogen-bond donors (Lipinski definition) is 1. The Morgan fingerprint density at radius 1 is 1.50 bits per heavy atom. The number of likely N-dealkylation sites (tertiary alicyclic amines) is 1. The molecule has 14 heavy (non-hydrogen) atoms. The topological polar surface area (TPSA) is 62.4 Å². The van der Waals surface area contributed by atoms with Crippen molar-refractivity contribution in [2.75, 3.05) is 13.1 Å². The van der Waals surface area contributed by atoms with Crippen LogP contribution in [0.3, 0.4) is 0 Å². The van der Waals surface area contributed by atoms with Gasteiger partial charge in [0.15, 0.2) is 0 Å². The third-order valence-corrected chi connectivity index (χ3v) is 2.58. The lowest BCUT2D eigenvalue weighted by Crippen LogP contribution is -2.21. The second-order valence-corrected chi connectivity index (χ2v) is 3.95. The summed E-state index contributed by atoms with van der Waals surface area (Å²) in [4.78, 5) is 2.13. The number of aliphatic hydroxyl groups excluding tert-OH is 1. The first-order valence-corrected chi connectivity index (χ1v) is 4.84. The lowest BCUT2D eigenvalue weighted by molar-refractivity contribution is 0.146. The van der Waals surface area contributed by atoms with Crippen molar-refractivity contribution in [3.05, 3.63) is 11.8 Å². The quantitative estimate of drug-likeness (QED) is 0.733. The zero-order chi connectivity index (χ0) is 10.1. The summed E-state index contributed by atoms with van der Waals surface area (Å²) in [6.07, 6.45) is -0.223. The second-order valence-electron chi connectivity index (χ2n) is 3.95. The summed E-state index contributed by atoms with van der Waals surface area (Å²) in [6.45, 7) is 6.05. The van der Waals surface area contributed by atoms with Gasteiger partial charge in [-0.25, -0.2) is 0 Å². The van der Waals surface area contributed by atoms with E-state index in [2.05, 4.69) is 15.1 Å². The molecule has 0 saturated carbocycles. The van der Waals surface area contributed by atoms with E-state index >= 15 is 0 Å². The molecule has 2 unspecified atom stereocenters. The molecular formula is C9H15N3O2. The normalized spacial score (nSPS) is 28.5. The fourth-order valence-electron chi connectivity index (χ4n) is 1.77. The van der Waals surface area contributed by atoms with Gasteiger partial charge in [0.25, 0.3) is 0 Å². The van der Waals surface area contributed by atoms with Gasteiger partial charge in [0.2, 0.25) is 11.8 Å². The minimum Gasteiger partial charge on any atom is -0.424 e. The Labute approximate surface area is 82.7 Å². The van der Waals surface area contributed by atoms with Crippen LogP contribution in [0.15, 0.2) is 4.42 Å². The van der Waals surface area contributed by atoms with Gasteiger partial charge in [-0.3, -0.25) is 4.90 Å². The minimum absolute atomic E-state index is 0.223. The maximum atomic E-state index is 9.54. The van der Waals surface area contributed by atoms with Crippen LogP contribution >= 0.6 is 0 Å². The molecule has 78 valence electrons. The summed E-state index contributed by atoms with van der Waals surface area (Å²) in [7, 11) is 0. The molecule has 1 aliphatic rings. The highest BCUT2D eigenvalue weighted by atomic mass is 16.4. The van der Waals surface area contributed by atoms with E-state index in [1.807, 2.05) is 6.92 Å². The molecule has 2 atom stereocenters. The average molecular weight is 197 g/mol. The van der Waals surface area contributed by atoms with Crippen LogP contribution in [0.2, 0.25) is 0 Å². The largest absolute Gasteiger partial charge is 0.424 e. The summed E-state index contributed by atoms with van der Waals surface area (Å²) < 4.78 is 5.27. The first-order chi connectivity index (χ1) is 6.65. The lowest BCUT2D eigenvalue weighted by atomic mass is 10.1. The van der Waals surface area contributed by atoms with Crippen molar-refractivity contribution in [3.8, 4) is 0 Å². The molecule has 2 heterocycles. The molecule has 0 aromatic carbocycles. The van der Waals surface area contributed by atoms with Gasteiger partial charge < -0.3 is 9.52 Å². The van der Waals surface area contributed by atoms with E-state index in [-0.39, 0.29) is 6.10 Å². The summed E-state index contributed by atoms with van der Waals surface area (Å²) in [5, 5.41) is 17.2. The molecule has 5 heteroatoms. The molecule has 1 N–H and O–H groups in total. The molecule has 2 rings (SSSR count). The number of aryl methyl sites for hydroxylation is 1. The Morgan fingerprint density at radius 3 is 2.79 bits per heavy atom. The van der Waals surface area contributed by atoms with Crippen LogP contribution in [0.25, 0.3) is 0 Å². The van der Waals surface area contributed by atoms with Crippen LogP contribution in [0.4, 0.5) is 0 Å². The van der Waals surface area contributed by atoms with Crippen LogP contribution in [-0.4, -0.2) is 39.4 Å². The molecule has 1 aromatic heterocycles. The van der Waals surface area contributed by atoms with Crippen molar-refractivity contribution < 1.29 is 9.52 Å². The van der Waals surface area contributed by atoms with Gasteiger partial charge in [0, 0.05) is 20.0 Å². The Morgan fingerprint density at radius 2 is 2.29 bits per heavy atom. The van der Waals surface area contributed by atoms with E-state index in [1.165, 1.54) is 0 Å². The lowest BCUT2D eigenvalue weighted by Gasteiger charge is -2.10. The maximum Gasteiger partial charge on any atom is 0.230 e. The van der Waals surface area contributed by atoms with Crippen molar-refractivity contribution in [1.82, 2.24) is 15.1 Å². The standard InChI is InChI=1S/C9H15N3O2/c1-6-3-12(4-8(6)13)5-9-11-10-7(2)14-9/h6,8,13H,3-5H2,1-2H3. The molecule has 0 spiro atoms. The maximum absolute atomic E-state index is 9.54. The zero-order valence-electron chi connectivity index (χ0n) is 8.47. The summed E-state index contributed by atoms with van der Waals surface area (Å²) in [6, 6.07) is 0. The fourth-order valence-corrected chi connectivity index (χ4v) is 1.77. The Kier molecular flexibility index (Phi) is 2.52. The Balaban J connectivity index is 1.93. The van der Waals surface area contributed by atoms with Crippen molar-refractivity contribution in [2.45, 2.75) is 26.5 Å². The van der Waals surface area contributed by atoms with E-state index in [4.69, 9.17) is 4.42 Å². The first kappa shape index (κ1) is 9.61. The minimum atomic E-state index is -0.223. The fraction of sp³-hybridized carbons (Fsp3) is 0.778. The number of rotatable bonds is 2. The van der Waals surface area contributed by atoms with Crippen molar-refractivity contribution >= 4 is 0 Å². The van der Waals surface area contributed by atoms with E-state index in [0.717, 1.165) is 6.54 Å². The van der Waals surface area contributed by atoms with Crippen molar-refractivity contribution in [2.24, 2.45) is 5.92 Å². The SMILES string of the molecule is Cc1nnc(CN2CC(C)C(O)C2)o1. The molecular weight excluding hydrogens is 182 g/mol. The number of hydrogen-bond acceptors (Lipinski definition) is 5. The third-order valence-electron chi connectivity index (χ3n) is 2.58. The van der Waals surface area contributed by atoms with Gasteiger partial charge in [-0.2, -0.15) is 0 Å². The predicted molar refractivity (Wildman–Crippen MR) is 49.5 cm³/mol. The molecule has 0 radical (unpaired) electrons. The second kappa shape index (κ2) is 3.67. The molecule has 1 aliphatic heterocycles. The van der Waals surface area contributed by atoms with Gasteiger partial charge in [-0.1, -0.05) is 6.92 Å². The monoisotopic (exact) mass is 197 g/mol. The highest BCUT2D eigenvalue weighted by molar-refractivity contribution is 4.85. The number of β-amino-alcohol motifs (C(OH)–C–C–N with tert-alkyl or cyclic N) is 1. The highest BCUT2D eigenvalue weighted by Gasteiger charge is 2.28. The zero-order valence-corrected chi connectivity index (χ0v) is 8.47. The van der Waals surface area contributed by atoms with E-state index in [0.29, 0.717) is 30.8 Å². The van der Waals surface area contributed by atoms with Gasteiger partial charge in [-0.15, -0.1) is 10.2 Å². The van der Waals surface area contributed by atoms with Gasteiger partial charge in [-0.05, 0) is 5.92 Å². The molecule has 1 fully saturated rings. The van der Waals surface area contributed by atoms with Gasteiger partial charge in [0.1, 0.15) is 0 Å². The molecule has 0 amide bonds. The molecule has 1 aromatic rings. The third kappa shape index (κ3) is 1.93. The van der Waals surface area contributed by atoms with Crippen LogP contribution in [0.1, 0.15) is 18.7 Å². The number of aliphatic hydroxyl groups is 1.